The highest BCUT2D eigenvalue weighted by molar-refractivity contribution is 9.09. The Hall–Kier alpha value is -3.49. The van der Waals surface area contributed by atoms with Gasteiger partial charge in [-0.05, 0) is 101 Å². The van der Waals surface area contributed by atoms with Crippen LogP contribution in [0.25, 0.3) is 22.0 Å². The minimum Gasteiger partial charge on any atom is -0.496 e. The summed E-state index contributed by atoms with van der Waals surface area (Å²) in [6, 6.07) is 6.47. The fraction of sp³-hybridized carbons (Fsp3) is 0.694. The average molecular weight is 955 g/mol. The lowest BCUT2D eigenvalue weighted by Crippen LogP contribution is -2.43. The molecule has 63 heavy (non-hydrogen) atoms. The van der Waals surface area contributed by atoms with Crippen molar-refractivity contribution in [2.24, 2.45) is 11.3 Å². The topological polar surface area (TPSA) is 134 Å². The molecule has 2 amide bonds. The van der Waals surface area contributed by atoms with Gasteiger partial charge in [-0.3, -0.25) is 14.4 Å². The molecule has 12 nitrogen and oxygen atoms in total. The molecule has 3 aromatic rings. The van der Waals surface area contributed by atoms with Gasteiger partial charge >= 0.3 is 6.09 Å². The first kappa shape index (κ1) is 50.5. The fourth-order valence-corrected chi connectivity index (χ4v) is 9.94. The van der Waals surface area contributed by atoms with E-state index in [1.54, 1.807) is 12.0 Å². The smallest absolute Gasteiger partial charge is 0.410 e. The summed E-state index contributed by atoms with van der Waals surface area (Å²) in [6.07, 6.45) is 16.8. The molecule has 1 spiro atoms. The zero-order valence-electron chi connectivity index (χ0n) is 39.6. The van der Waals surface area contributed by atoms with Gasteiger partial charge < -0.3 is 33.6 Å². The number of benzene rings is 1. The van der Waals surface area contributed by atoms with Crippen molar-refractivity contribution in [3.8, 4) is 17.0 Å². The number of carbonyl (C=O) groups is 3. The first-order valence-electron chi connectivity index (χ1n) is 23.7. The zero-order valence-corrected chi connectivity index (χ0v) is 42.2. The number of aryl methyl sites for hydroxylation is 1. The normalized spacial score (nSPS) is 16.7. The van der Waals surface area contributed by atoms with Gasteiger partial charge in [0.1, 0.15) is 29.7 Å². The number of hydrogen-bond acceptors (Lipinski definition) is 8. The van der Waals surface area contributed by atoms with E-state index in [0.29, 0.717) is 62.5 Å². The number of fused-ring (bicyclic) bond motifs is 1. The Labute approximate surface area is 385 Å². The molecule has 1 aliphatic carbocycles. The third-order valence-electron chi connectivity index (χ3n) is 12.8. The van der Waals surface area contributed by atoms with E-state index in [1.165, 1.54) is 25.7 Å². The highest BCUT2D eigenvalue weighted by Gasteiger charge is 2.59. The Morgan fingerprint density at radius 3 is 2.37 bits per heavy atom. The minimum absolute atomic E-state index is 0.0110. The number of ketones is 1. The van der Waals surface area contributed by atoms with Gasteiger partial charge in [-0.1, -0.05) is 81.0 Å². The Kier molecular flexibility index (Phi) is 18.5. The minimum atomic E-state index is -1.38. The lowest BCUT2D eigenvalue weighted by molar-refractivity contribution is -0.124. The van der Waals surface area contributed by atoms with Gasteiger partial charge in [0.15, 0.2) is 0 Å². The number of nitrogens with zero attached hydrogens (tertiary/aromatic N) is 4. The molecule has 14 heteroatoms. The highest BCUT2D eigenvalue weighted by atomic mass is 79.9. The molecule has 1 aromatic carbocycles. The van der Waals surface area contributed by atoms with E-state index in [0.717, 1.165) is 79.4 Å². The molecule has 0 unspecified atom stereocenters. The molecule has 2 fully saturated rings. The van der Waals surface area contributed by atoms with Crippen molar-refractivity contribution in [3.63, 3.8) is 0 Å². The predicted molar refractivity (Wildman–Crippen MR) is 258 cm³/mol. The van der Waals surface area contributed by atoms with Crippen LogP contribution in [0, 0.1) is 11.3 Å². The van der Waals surface area contributed by atoms with Gasteiger partial charge in [0.05, 0.1) is 30.4 Å². The number of piperidine rings is 1. The number of imidazole rings is 1. The second kappa shape index (κ2) is 23.1. The van der Waals surface area contributed by atoms with Crippen LogP contribution >= 0.6 is 15.9 Å². The number of pyridine rings is 1. The number of rotatable bonds is 25. The van der Waals surface area contributed by atoms with Crippen LogP contribution in [0.1, 0.15) is 136 Å². The van der Waals surface area contributed by atoms with Gasteiger partial charge in [-0.25, -0.2) is 9.78 Å². The summed E-state index contributed by atoms with van der Waals surface area (Å²) in [5.41, 5.74) is 0.856. The van der Waals surface area contributed by atoms with E-state index in [9.17, 15) is 19.2 Å². The monoisotopic (exact) mass is 953 g/mol. The van der Waals surface area contributed by atoms with E-state index in [-0.39, 0.29) is 41.4 Å². The van der Waals surface area contributed by atoms with Crippen LogP contribution in [0.5, 0.6) is 5.75 Å². The molecular formula is C49H76BrN5O7Si. The predicted octanol–water partition coefficient (Wildman–Crippen LogP) is 11.0. The summed E-state index contributed by atoms with van der Waals surface area (Å²) in [7, 11) is 0.245. The second-order valence-electron chi connectivity index (χ2n) is 20.2. The Balaban J connectivity index is 1.41. The van der Waals surface area contributed by atoms with E-state index in [1.807, 2.05) is 62.9 Å². The molecule has 1 aliphatic heterocycles. The maximum atomic E-state index is 14.3. The van der Waals surface area contributed by atoms with Crippen LogP contribution in [0.4, 0.5) is 4.79 Å². The Bertz CT molecular complexity index is 2050. The van der Waals surface area contributed by atoms with Crippen LogP contribution in [-0.4, -0.2) is 82.6 Å². The first-order chi connectivity index (χ1) is 30.0. The third kappa shape index (κ3) is 14.5. The SMILES string of the molecule is CCC(=O)CCCCC[C@H](NC(=O)[C@H]1CC12CCN(C(=O)OC(C)(C)C)CC2)c1ncc(-c2cc3ccn(CCCCCCCCBr)c(=O)c3cc2OC)n1COCC[Si](C)(C)C. The number of likely N-dealkylation sites (tertiary alicyclic amines) is 1. The summed E-state index contributed by atoms with van der Waals surface area (Å²) >= 11 is 3.51. The molecule has 0 bridgehead atoms. The molecule has 1 saturated carbocycles. The van der Waals surface area contributed by atoms with E-state index < -0.39 is 19.7 Å². The number of halogens is 1. The quantitative estimate of drug-likeness (QED) is 0.0504. The largest absolute Gasteiger partial charge is 0.496 e. The maximum absolute atomic E-state index is 14.3. The van der Waals surface area contributed by atoms with Crippen LogP contribution < -0.4 is 15.6 Å². The number of nitrogens with one attached hydrogen (secondary N) is 1. The molecule has 0 radical (unpaired) electrons. The van der Waals surface area contributed by atoms with Gasteiger partial charge in [0.25, 0.3) is 5.56 Å². The van der Waals surface area contributed by atoms with Crippen molar-refractivity contribution in [3.05, 3.63) is 46.8 Å². The number of methoxy groups -OCH3 is 1. The third-order valence-corrected chi connectivity index (χ3v) is 15.1. The van der Waals surface area contributed by atoms with Crippen molar-refractivity contribution < 1.29 is 28.6 Å². The van der Waals surface area contributed by atoms with Gasteiger partial charge in [-0.2, -0.15) is 0 Å². The molecular weight excluding hydrogens is 879 g/mol. The van der Waals surface area contributed by atoms with Crippen molar-refractivity contribution >= 4 is 52.6 Å². The van der Waals surface area contributed by atoms with Crippen LogP contribution in [-0.2, 0) is 32.3 Å². The van der Waals surface area contributed by atoms with Crippen LogP contribution in [0.15, 0.2) is 35.4 Å². The number of aromatic nitrogens is 3. The van der Waals surface area contributed by atoms with Crippen molar-refractivity contribution in [2.75, 3.05) is 32.1 Å². The summed E-state index contributed by atoms with van der Waals surface area (Å²) in [5, 5.41) is 5.92. The molecule has 3 heterocycles. The Morgan fingerprint density at radius 2 is 1.70 bits per heavy atom. The summed E-state index contributed by atoms with van der Waals surface area (Å²) in [5.74, 6) is 1.40. The molecule has 1 N–H and O–H groups in total. The average Bonchev–Trinajstić information content (AvgIpc) is 3.77. The molecule has 5 rings (SSSR count). The van der Waals surface area contributed by atoms with Crippen molar-refractivity contribution in [2.45, 2.75) is 175 Å². The number of hydrogen-bond donors (Lipinski definition) is 1. The first-order valence-corrected chi connectivity index (χ1v) is 28.5. The number of Topliss-reactive ketones (excluding diaryl/α,β-unsaturated/α-hetero) is 1. The fourth-order valence-electron chi connectivity index (χ4n) is 8.79. The number of ether oxygens (including phenoxy) is 3. The van der Waals surface area contributed by atoms with Gasteiger partial charge in [-0.15, -0.1) is 0 Å². The number of carbonyl (C=O) groups excluding carboxylic acids is 3. The lowest BCUT2D eigenvalue weighted by atomic mass is 9.90. The van der Waals surface area contributed by atoms with Gasteiger partial charge in [0, 0.05) is 70.2 Å². The molecule has 2 aliphatic rings. The van der Waals surface area contributed by atoms with E-state index >= 15 is 0 Å². The number of amides is 2. The van der Waals surface area contributed by atoms with Crippen molar-refractivity contribution in [1.29, 1.82) is 0 Å². The lowest BCUT2D eigenvalue weighted by Gasteiger charge is -2.34. The van der Waals surface area contributed by atoms with Crippen LogP contribution in [0.3, 0.4) is 0 Å². The van der Waals surface area contributed by atoms with Crippen molar-refractivity contribution in [1.82, 2.24) is 24.3 Å². The maximum Gasteiger partial charge on any atom is 0.410 e. The summed E-state index contributed by atoms with van der Waals surface area (Å²) < 4.78 is 22.0. The standard InChI is InChI=1S/C49H76BrN5O7Si/c1-9-37(56)19-15-14-16-20-41(52-45(57)40-33-49(40)22-27-54(28-23-49)47(59)62-48(2,3)4)44-51-34-42(55(44)35-61-29-30-63(6,7)8)39-31-36-21-26-53(25-18-13-11-10-12-17-24-50)46(58)38(36)32-43(39)60-5/h21,26,31-32,34,40-41H,9-20,22-25,27-30,33,35H2,1-8H3,(H,52,57)/t40-,41+/m1/s1. The van der Waals surface area contributed by atoms with E-state index in [2.05, 4.69) is 45.5 Å². The van der Waals surface area contributed by atoms with Crippen LogP contribution in [0.2, 0.25) is 25.7 Å². The van der Waals surface area contributed by atoms with Gasteiger partial charge in [0.2, 0.25) is 5.91 Å². The molecule has 1 saturated heterocycles. The molecule has 2 atom stereocenters. The number of alkyl halides is 1. The summed E-state index contributed by atoms with van der Waals surface area (Å²) in [4.78, 5) is 59.9. The molecule has 350 valence electrons. The highest BCUT2D eigenvalue weighted by Crippen LogP contribution is 2.59. The second-order valence-corrected chi connectivity index (χ2v) is 26.6. The Morgan fingerprint density at radius 1 is 1.00 bits per heavy atom. The zero-order chi connectivity index (χ0) is 45.8. The number of unbranched alkanes of at least 4 members (excludes halogenated alkanes) is 7. The summed E-state index contributed by atoms with van der Waals surface area (Å²) in [6.45, 7) is 17.2. The van der Waals surface area contributed by atoms with E-state index in [4.69, 9.17) is 19.2 Å². The molecule has 2 aromatic heterocycles.